The van der Waals surface area contributed by atoms with Crippen molar-refractivity contribution in [2.45, 2.75) is 12.6 Å². The number of halogens is 1. The van der Waals surface area contributed by atoms with E-state index in [2.05, 4.69) is 10.2 Å². The highest BCUT2D eigenvalue weighted by atomic mass is 19.1. The molecular weight excluding hydrogens is 325 g/mol. The van der Waals surface area contributed by atoms with Crippen molar-refractivity contribution in [3.63, 3.8) is 0 Å². The summed E-state index contributed by atoms with van der Waals surface area (Å²) in [7, 11) is 1.41. The van der Waals surface area contributed by atoms with Gasteiger partial charge in [-0.2, -0.15) is 0 Å². The average molecular weight is 345 g/mol. The quantitative estimate of drug-likeness (QED) is 0.667. The van der Waals surface area contributed by atoms with E-state index in [9.17, 15) is 14.5 Å². The van der Waals surface area contributed by atoms with Crippen LogP contribution in [0.1, 0.15) is 17.2 Å². The summed E-state index contributed by atoms with van der Waals surface area (Å²) in [5.41, 5.74) is 1.68. The Balaban J connectivity index is 1.85. The molecule has 6 nitrogen and oxygen atoms in total. The smallest absolute Gasteiger partial charge is 0.311 e. The van der Waals surface area contributed by atoms with Gasteiger partial charge in [0.25, 0.3) is 0 Å². The van der Waals surface area contributed by atoms with Gasteiger partial charge in [0.15, 0.2) is 5.75 Å². The van der Waals surface area contributed by atoms with E-state index in [0.29, 0.717) is 13.1 Å². The molecule has 132 valence electrons. The van der Waals surface area contributed by atoms with E-state index in [4.69, 9.17) is 4.74 Å². The van der Waals surface area contributed by atoms with Gasteiger partial charge in [0, 0.05) is 38.3 Å². The molecule has 1 aliphatic heterocycles. The summed E-state index contributed by atoms with van der Waals surface area (Å²) in [6.07, 6.45) is 0. The summed E-state index contributed by atoms with van der Waals surface area (Å²) in [5.74, 6) is -0.0150. The van der Waals surface area contributed by atoms with Crippen molar-refractivity contribution in [1.29, 1.82) is 0 Å². The molecule has 1 atom stereocenters. The molecular formula is C18H20FN3O3. The summed E-state index contributed by atoms with van der Waals surface area (Å²) < 4.78 is 18.6. The van der Waals surface area contributed by atoms with Gasteiger partial charge in [-0.15, -0.1) is 0 Å². The van der Waals surface area contributed by atoms with Crippen LogP contribution in [0.3, 0.4) is 0 Å². The second-order valence-corrected chi connectivity index (χ2v) is 6.01. The molecule has 1 N–H and O–H groups in total. The predicted octanol–water partition coefficient (Wildman–Crippen LogP) is 2.89. The van der Waals surface area contributed by atoms with Crippen LogP contribution in [0.25, 0.3) is 0 Å². The van der Waals surface area contributed by atoms with Gasteiger partial charge < -0.3 is 10.1 Å². The third kappa shape index (κ3) is 3.94. The van der Waals surface area contributed by atoms with E-state index in [0.717, 1.165) is 24.2 Å². The molecule has 1 aliphatic rings. The Morgan fingerprint density at radius 1 is 1.36 bits per heavy atom. The molecule has 1 unspecified atom stereocenters. The largest absolute Gasteiger partial charge is 0.490 e. The van der Waals surface area contributed by atoms with Crippen molar-refractivity contribution < 1.29 is 14.1 Å². The van der Waals surface area contributed by atoms with Crippen LogP contribution in [-0.2, 0) is 6.54 Å². The van der Waals surface area contributed by atoms with Gasteiger partial charge in [-0.3, -0.25) is 15.0 Å². The summed E-state index contributed by atoms with van der Waals surface area (Å²) in [6.45, 7) is 2.86. The molecule has 0 spiro atoms. The molecule has 0 radical (unpaired) electrons. The van der Waals surface area contributed by atoms with Crippen LogP contribution < -0.4 is 10.1 Å². The minimum absolute atomic E-state index is 0.0191. The Morgan fingerprint density at radius 2 is 2.20 bits per heavy atom. The molecule has 0 amide bonds. The fourth-order valence-electron chi connectivity index (χ4n) is 3.19. The number of piperazine rings is 1. The van der Waals surface area contributed by atoms with Crippen LogP contribution in [-0.4, -0.2) is 36.6 Å². The highest BCUT2D eigenvalue weighted by molar-refractivity contribution is 5.48. The van der Waals surface area contributed by atoms with Gasteiger partial charge in [-0.05, 0) is 29.3 Å². The average Bonchev–Trinajstić information content (AvgIpc) is 2.62. The van der Waals surface area contributed by atoms with Gasteiger partial charge in [0.05, 0.1) is 12.0 Å². The van der Waals surface area contributed by atoms with E-state index >= 15 is 0 Å². The third-order valence-electron chi connectivity index (χ3n) is 4.41. The number of rotatable bonds is 5. The van der Waals surface area contributed by atoms with Crippen molar-refractivity contribution in [3.05, 3.63) is 69.5 Å². The maximum atomic E-state index is 13.6. The van der Waals surface area contributed by atoms with Crippen molar-refractivity contribution >= 4 is 5.69 Å². The second-order valence-electron chi connectivity index (χ2n) is 6.01. The Hall–Kier alpha value is -2.51. The molecule has 0 bridgehead atoms. The molecule has 3 rings (SSSR count). The molecule has 0 aliphatic carbocycles. The maximum Gasteiger partial charge on any atom is 0.311 e. The van der Waals surface area contributed by atoms with Gasteiger partial charge in [-0.1, -0.05) is 18.2 Å². The van der Waals surface area contributed by atoms with E-state index < -0.39 is 4.92 Å². The molecule has 1 saturated heterocycles. The first-order chi connectivity index (χ1) is 12.1. The third-order valence-corrected chi connectivity index (χ3v) is 4.41. The molecule has 1 heterocycles. The number of nitrogens with one attached hydrogen (secondary N) is 1. The lowest BCUT2D eigenvalue weighted by atomic mass is 10.0. The first-order valence-corrected chi connectivity index (χ1v) is 8.10. The predicted molar refractivity (Wildman–Crippen MR) is 92.1 cm³/mol. The number of methoxy groups -OCH3 is 1. The number of hydrogen-bond acceptors (Lipinski definition) is 5. The number of nitrogens with zero attached hydrogens (tertiary/aromatic N) is 2. The number of ether oxygens (including phenoxy) is 1. The van der Waals surface area contributed by atoms with Crippen LogP contribution >= 0.6 is 0 Å². The molecule has 0 saturated carbocycles. The Bertz CT molecular complexity index is 769. The number of hydrogen-bond donors (Lipinski definition) is 1. The van der Waals surface area contributed by atoms with Gasteiger partial charge >= 0.3 is 5.69 Å². The van der Waals surface area contributed by atoms with Crippen LogP contribution in [0, 0.1) is 15.9 Å². The Morgan fingerprint density at radius 3 is 2.92 bits per heavy atom. The van der Waals surface area contributed by atoms with Gasteiger partial charge in [0.1, 0.15) is 5.82 Å². The number of nitro groups is 1. The highest BCUT2D eigenvalue weighted by Gasteiger charge is 2.25. The minimum atomic E-state index is -0.440. The van der Waals surface area contributed by atoms with Crippen molar-refractivity contribution in [1.82, 2.24) is 10.2 Å². The standard InChI is InChI=1S/C18H20FN3O3/c1-25-18-6-5-13(9-16(18)22(23)24)12-21-8-7-20-11-17(21)14-3-2-4-15(19)10-14/h2-6,9-10,17,20H,7-8,11-12H2,1H3. The first kappa shape index (κ1) is 17.3. The van der Waals surface area contributed by atoms with Crippen LogP contribution in [0.4, 0.5) is 10.1 Å². The molecule has 0 aromatic heterocycles. The van der Waals surface area contributed by atoms with Crippen molar-refractivity contribution in [3.8, 4) is 5.75 Å². The topological polar surface area (TPSA) is 67.6 Å². The monoisotopic (exact) mass is 345 g/mol. The number of nitro benzene ring substituents is 1. The zero-order valence-corrected chi connectivity index (χ0v) is 13.9. The molecule has 25 heavy (non-hydrogen) atoms. The zero-order valence-electron chi connectivity index (χ0n) is 13.9. The van der Waals surface area contributed by atoms with E-state index in [1.54, 1.807) is 24.3 Å². The van der Waals surface area contributed by atoms with Crippen LogP contribution in [0.15, 0.2) is 42.5 Å². The lowest BCUT2D eigenvalue weighted by molar-refractivity contribution is -0.385. The zero-order chi connectivity index (χ0) is 17.8. The van der Waals surface area contributed by atoms with Crippen molar-refractivity contribution in [2.24, 2.45) is 0 Å². The summed E-state index contributed by atoms with van der Waals surface area (Å²) in [5, 5.41) is 14.5. The Kier molecular flexibility index (Phi) is 5.25. The SMILES string of the molecule is COc1ccc(CN2CCNCC2c2cccc(F)c2)cc1[N+](=O)[O-]. The maximum absolute atomic E-state index is 13.6. The molecule has 2 aromatic carbocycles. The molecule has 7 heteroatoms. The highest BCUT2D eigenvalue weighted by Crippen LogP contribution is 2.30. The number of benzene rings is 2. The van der Waals surface area contributed by atoms with Crippen LogP contribution in [0.2, 0.25) is 0 Å². The molecule has 1 fully saturated rings. The normalized spacial score (nSPS) is 18.1. The van der Waals surface area contributed by atoms with Crippen molar-refractivity contribution in [2.75, 3.05) is 26.7 Å². The van der Waals surface area contributed by atoms with Crippen LogP contribution in [0.5, 0.6) is 5.75 Å². The fourth-order valence-corrected chi connectivity index (χ4v) is 3.19. The first-order valence-electron chi connectivity index (χ1n) is 8.10. The minimum Gasteiger partial charge on any atom is -0.490 e. The summed E-state index contributed by atoms with van der Waals surface area (Å²) in [4.78, 5) is 13.0. The van der Waals surface area contributed by atoms with E-state index in [-0.39, 0.29) is 23.3 Å². The molecule has 2 aromatic rings. The van der Waals surface area contributed by atoms with E-state index in [1.807, 2.05) is 12.1 Å². The van der Waals surface area contributed by atoms with E-state index in [1.165, 1.54) is 13.2 Å². The Labute approximate surface area is 145 Å². The lowest BCUT2D eigenvalue weighted by Gasteiger charge is -2.36. The second kappa shape index (κ2) is 7.58. The van der Waals surface area contributed by atoms with Gasteiger partial charge in [0.2, 0.25) is 0 Å². The summed E-state index contributed by atoms with van der Waals surface area (Å²) >= 11 is 0. The fraction of sp³-hybridized carbons (Fsp3) is 0.333. The summed E-state index contributed by atoms with van der Waals surface area (Å²) in [6, 6.07) is 11.6. The van der Waals surface area contributed by atoms with Gasteiger partial charge in [-0.25, -0.2) is 4.39 Å². The lowest BCUT2D eigenvalue weighted by Crippen LogP contribution is -2.45.